The van der Waals surface area contributed by atoms with Crippen molar-refractivity contribution in [1.82, 2.24) is 15.5 Å². The molecule has 0 bridgehead atoms. The van der Waals surface area contributed by atoms with Crippen molar-refractivity contribution in [3.05, 3.63) is 64.4 Å². The second kappa shape index (κ2) is 10.1. The molecule has 3 heterocycles. The number of benzene rings is 1. The minimum atomic E-state index is -0.109. The van der Waals surface area contributed by atoms with Gasteiger partial charge in [-0.2, -0.15) is 0 Å². The van der Waals surface area contributed by atoms with Crippen molar-refractivity contribution < 1.29 is 9.53 Å². The lowest BCUT2D eigenvalue weighted by molar-refractivity contribution is -0.118. The Hall–Kier alpha value is -2.24. The molecule has 0 spiro atoms. The number of carbonyl (C=O) groups is 1. The van der Waals surface area contributed by atoms with E-state index in [2.05, 4.69) is 47.6 Å². The lowest BCUT2D eigenvalue weighted by atomic mass is 9.96. The first-order valence-electron chi connectivity index (χ1n) is 11.7. The molecule has 0 aromatic heterocycles. The van der Waals surface area contributed by atoms with Gasteiger partial charge in [-0.3, -0.25) is 9.69 Å². The maximum atomic E-state index is 12.6. The number of piperidine rings is 1. The third kappa shape index (κ3) is 5.96. The van der Waals surface area contributed by atoms with Crippen molar-refractivity contribution >= 4 is 17.5 Å². The summed E-state index contributed by atoms with van der Waals surface area (Å²) in [5.41, 5.74) is 3.13. The van der Waals surface area contributed by atoms with Gasteiger partial charge in [-0.15, -0.1) is 0 Å². The van der Waals surface area contributed by atoms with Gasteiger partial charge in [0.1, 0.15) is 11.4 Å². The van der Waals surface area contributed by atoms with Crippen LogP contribution >= 0.6 is 11.6 Å². The van der Waals surface area contributed by atoms with Crippen LogP contribution in [0.15, 0.2) is 53.2 Å². The molecule has 6 heteroatoms. The minimum absolute atomic E-state index is 0.0353. The largest absolute Gasteiger partial charge is 0.487 e. The molecule has 0 radical (unpaired) electrons. The lowest BCUT2D eigenvalue weighted by Crippen LogP contribution is -2.40. The highest BCUT2D eigenvalue weighted by molar-refractivity contribution is 6.31. The number of hydrogen-bond donors (Lipinski definition) is 2. The molecule has 0 aliphatic carbocycles. The number of nitrogens with one attached hydrogen (secondary N) is 2. The van der Waals surface area contributed by atoms with Crippen LogP contribution in [0.3, 0.4) is 0 Å². The maximum absolute atomic E-state index is 12.6. The summed E-state index contributed by atoms with van der Waals surface area (Å²) in [6.45, 7) is 8.64. The van der Waals surface area contributed by atoms with E-state index in [1.54, 1.807) is 0 Å². The number of allylic oxidation sites excluding steroid dienone is 4. The van der Waals surface area contributed by atoms with Gasteiger partial charge in [0, 0.05) is 36.7 Å². The number of rotatable bonds is 5. The fourth-order valence-electron chi connectivity index (χ4n) is 4.67. The van der Waals surface area contributed by atoms with Crippen molar-refractivity contribution in [1.29, 1.82) is 0 Å². The first-order valence-corrected chi connectivity index (χ1v) is 12.0. The van der Waals surface area contributed by atoms with Crippen molar-refractivity contribution in [2.45, 2.75) is 51.7 Å². The number of hydrogen-bond acceptors (Lipinski definition) is 4. The van der Waals surface area contributed by atoms with Crippen LogP contribution in [-0.2, 0) is 17.8 Å². The number of amides is 1. The Kier molecular flexibility index (Phi) is 7.27. The fraction of sp³-hybridized carbons (Fsp3) is 0.500. The predicted molar refractivity (Wildman–Crippen MR) is 130 cm³/mol. The molecule has 1 fully saturated rings. The molecule has 1 aromatic rings. The normalized spacial score (nSPS) is 25.5. The Labute approximate surface area is 196 Å². The van der Waals surface area contributed by atoms with Crippen molar-refractivity contribution in [2.24, 2.45) is 5.92 Å². The van der Waals surface area contributed by atoms with E-state index in [-0.39, 0.29) is 11.5 Å². The van der Waals surface area contributed by atoms with Crippen LogP contribution in [-0.4, -0.2) is 42.6 Å². The van der Waals surface area contributed by atoms with Crippen LogP contribution < -0.4 is 15.4 Å². The highest BCUT2D eigenvalue weighted by atomic mass is 35.5. The van der Waals surface area contributed by atoms with Crippen LogP contribution in [0.5, 0.6) is 5.75 Å². The van der Waals surface area contributed by atoms with E-state index >= 15 is 0 Å². The van der Waals surface area contributed by atoms with Gasteiger partial charge in [0.2, 0.25) is 0 Å². The molecular weight excluding hydrogens is 422 g/mol. The summed E-state index contributed by atoms with van der Waals surface area (Å²) >= 11 is 6.06. The van der Waals surface area contributed by atoms with E-state index in [4.69, 9.17) is 16.3 Å². The Morgan fingerprint density at radius 1 is 1.28 bits per heavy atom. The highest BCUT2D eigenvalue weighted by Gasteiger charge is 2.32. The topological polar surface area (TPSA) is 53.6 Å². The number of ether oxygens (including phenoxy) is 1. The molecule has 0 atom stereocenters. The quantitative estimate of drug-likeness (QED) is 0.695. The fourth-order valence-corrected chi connectivity index (χ4v) is 4.85. The van der Waals surface area contributed by atoms with Crippen molar-refractivity contribution in [2.75, 3.05) is 26.2 Å². The van der Waals surface area contributed by atoms with Gasteiger partial charge < -0.3 is 15.4 Å². The van der Waals surface area contributed by atoms with Gasteiger partial charge in [0.05, 0.1) is 5.70 Å². The molecule has 32 heavy (non-hydrogen) atoms. The summed E-state index contributed by atoms with van der Waals surface area (Å²) < 4.78 is 6.24. The van der Waals surface area contributed by atoms with E-state index in [1.165, 1.54) is 11.1 Å². The standard InChI is InChI=1S/C26H34ClN3O2/c1-26(2)16-20-6-3-7-21(24(20)32-26)18-30-14-11-19(12-15-30)17-29-25(31)23-10-4-8-22(27)9-5-13-28-23/h3,5-10,19,28H,4,11-18H2,1-2H3,(H,29,31)/b9-5-,22-8+,23-10-. The molecule has 4 rings (SSSR count). The molecule has 5 nitrogen and oxygen atoms in total. The third-order valence-electron chi connectivity index (χ3n) is 6.39. The molecule has 1 amide bonds. The maximum Gasteiger partial charge on any atom is 0.267 e. The van der Waals surface area contributed by atoms with Gasteiger partial charge in [-0.1, -0.05) is 48.0 Å². The Balaban J connectivity index is 1.24. The number of likely N-dealkylation sites (tertiary alicyclic amines) is 1. The Morgan fingerprint density at radius 2 is 2.09 bits per heavy atom. The zero-order chi connectivity index (χ0) is 22.6. The molecule has 1 aromatic carbocycles. The predicted octanol–water partition coefficient (Wildman–Crippen LogP) is 4.28. The average molecular weight is 456 g/mol. The zero-order valence-corrected chi connectivity index (χ0v) is 19.9. The molecule has 0 unspecified atom stereocenters. The summed E-state index contributed by atoms with van der Waals surface area (Å²) in [5, 5.41) is 7.00. The van der Waals surface area contributed by atoms with Crippen LogP contribution in [0.1, 0.15) is 44.2 Å². The Morgan fingerprint density at radius 3 is 2.91 bits per heavy atom. The van der Waals surface area contributed by atoms with E-state index in [1.807, 2.05) is 24.3 Å². The van der Waals surface area contributed by atoms with E-state index in [0.29, 0.717) is 29.6 Å². The molecular formula is C26H34ClN3O2. The highest BCUT2D eigenvalue weighted by Crippen LogP contribution is 2.38. The summed E-state index contributed by atoms with van der Waals surface area (Å²) in [4.78, 5) is 15.1. The first kappa shape index (κ1) is 22.9. The van der Waals surface area contributed by atoms with Crippen LogP contribution in [0.2, 0.25) is 0 Å². The lowest BCUT2D eigenvalue weighted by Gasteiger charge is -2.32. The van der Waals surface area contributed by atoms with E-state index < -0.39 is 0 Å². The van der Waals surface area contributed by atoms with E-state index in [9.17, 15) is 4.79 Å². The minimum Gasteiger partial charge on any atom is -0.487 e. The van der Waals surface area contributed by atoms with Gasteiger partial charge in [0.25, 0.3) is 5.91 Å². The molecule has 2 N–H and O–H groups in total. The second-order valence-electron chi connectivity index (χ2n) is 9.60. The van der Waals surface area contributed by atoms with Crippen LogP contribution in [0, 0.1) is 5.92 Å². The summed E-state index contributed by atoms with van der Waals surface area (Å²) in [5.74, 6) is 1.57. The molecule has 1 saturated heterocycles. The zero-order valence-electron chi connectivity index (χ0n) is 19.1. The van der Waals surface area contributed by atoms with Gasteiger partial charge in [0.15, 0.2) is 0 Å². The summed E-state index contributed by atoms with van der Waals surface area (Å²) in [6.07, 6.45) is 11.4. The van der Waals surface area contributed by atoms with Gasteiger partial charge in [-0.05, 0) is 63.8 Å². The number of fused-ring (bicyclic) bond motifs is 1. The molecule has 172 valence electrons. The summed E-state index contributed by atoms with van der Waals surface area (Å²) in [7, 11) is 0. The second-order valence-corrected chi connectivity index (χ2v) is 10.0. The Bertz CT molecular complexity index is 927. The van der Waals surface area contributed by atoms with Crippen molar-refractivity contribution in [3.63, 3.8) is 0 Å². The third-order valence-corrected chi connectivity index (χ3v) is 6.67. The first-order chi connectivity index (χ1) is 15.4. The van der Waals surface area contributed by atoms with Crippen LogP contribution in [0.4, 0.5) is 0 Å². The SMILES string of the molecule is CC1(C)Cc2cccc(CN3CCC(CNC(=O)/C4=C/C/C=C(Cl)\C=C/CN4)CC3)c2O1. The number of carbonyl (C=O) groups excluding carboxylic acids is 1. The van der Waals surface area contributed by atoms with Crippen molar-refractivity contribution in [3.8, 4) is 5.75 Å². The molecule has 0 saturated carbocycles. The summed E-state index contributed by atoms with van der Waals surface area (Å²) in [6, 6.07) is 6.54. The smallest absolute Gasteiger partial charge is 0.267 e. The van der Waals surface area contributed by atoms with Crippen LogP contribution in [0.25, 0.3) is 0 Å². The van der Waals surface area contributed by atoms with Gasteiger partial charge in [-0.25, -0.2) is 0 Å². The number of halogens is 1. The number of nitrogens with zero attached hydrogens (tertiary/aromatic N) is 1. The molecule has 3 aliphatic rings. The molecule has 3 aliphatic heterocycles. The monoisotopic (exact) mass is 455 g/mol. The number of para-hydroxylation sites is 1. The van der Waals surface area contributed by atoms with Gasteiger partial charge >= 0.3 is 0 Å². The van der Waals surface area contributed by atoms with E-state index in [0.717, 1.165) is 51.2 Å². The average Bonchev–Trinajstić information content (AvgIpc) is 3.14.